The summed E-state index contributed by atoms with van der Waals surface area (Å²) in [7, 11) is 0. The van der Waals surface area contributed by atoms with E-state index in [9.17, 15) is 0 Å². The maximum atomic E-state index is 4.75. The predicted molar refractivity (Wildman–Crippen MR) is 48.1 cm³/mol. The van der Waals surface area contributed by atoms with Gasteiger partial charge in [-0.3, -0.25) is 0 Å². The van der Waals surface area contributed by atoms with E-state index in [0.717, 1.165) is 11.3 Å². The number of rotatable bonds is 1. The van der Waals surface area contributed by atoms with Crippen LogP contribution in [0.15, 0.2) is 41.2 Å². The van der Waals surface area contributed by atoms with E-state index in [1.165, 1.54) is 11.9 Å². The molecule has 1 radical (unpaired) electrons. The van der Waals surface area contributed by atoms with Crippen molar-refractivity contribution in [3.05, 3.63) is 47.4 Å². The molecule has 2 rings (SSSR count). The van der Waals surface area contributed by atoms with Gasteiger partial charge < -0.3 is 9.56 Å². The molecular weight excluding hydrogens is 172 g/mol. The van der Waals surface area contributed by atoms with Gasteiger partial charge in [-0.2, -0.15) is 0 Å². The van der Waals surface area contributed by atoms with Gasteiger partial charge in [0.05, 0.1) is 5.70 Å². The molecule has 2 heterocycles. The molecule has 0 bridgehead atoms. The second-order valence-electron chi connectivity index (χ2n) is 2.19. The molecule has 0 unspecified atom stereocenters. The lowest BCUT2D eigenvalue weighted by atomic mass is 10.2. The van der Waals surface area contributed by atoms with Gasteiger partial charge >= 0.3 is 0 Å². The average Bonchev–Trinajstić information content (AvgIpc) is 2.21. The van der Waals surface area contributed by atoms with Gasteiger partial charge in [0.2, 0.25) is 0 Å². The molecule has 2 aliphatic rings. The van der Waals surface area contributed by atoms with Crippen LogP contribution in [0.1, 0.15) is 0 Å². The van der Waals surface area contributed by atoms with Crippen LogP contribution in [0.25, 0.3) is 0 Å². The summed E-state index contributed by atoms with van der Waals surface area (Å²) in [5, 5.41) is 1.97. The van der Waals surface area contributed by atoms with Crippen molar-refractivity contribution in [2.45, 2.75) is 0 Å². The molecule has 0 aliphatic carbocycles. The Morgan fingerprint density at radius 2 is 2.50 bits per heavy atom. The lowest BCUT2D eigenvalue weighted by molar-refractivity contribution is 0.163. The summed E-state index contributed by atoms with van der Waals surface area (Å²) in [5.41, 5.74) is 4.52. The van der Waals surface area contributed by atoms with E-state index >= 15 is 0 Å². The maximum absolute atomic E-state index is 4.75. The molecule has 0 atom stereocenters. The van der Waals surface area contributed by atoms with Crippen LogP contribution in [-0.4, -0.2) is 0 Å². The molecule has 0 aromatic heterocycles. The van der Waals surface area contributed by atoms with Crippen molar-refractivity contribution in [2.24, 2.45) is 0 Å². The largest absolute Gasteiger partial charge is 0.390 e. The molecule has 4 heteroatoms. The van der Waals surface area contributed by atoms with Crippen molar-refractivity contribution in [1.29, 1.82) is 0 Å². The Hall–Kier alpha value is -1.29. The molecule has 2 N–H and O–H groups in total. The summed E-state index contributed by atoms with van der Waals surface area (Å²) < 4.78 is 3.13. The summed E-state index contributed by atoms with van der Waals surface area (Å²) in [6.45, 7) is 0. The summed E-state index contributed by atoms with van der Waals surface area (Å²) in [5.74, 6) is 0. The van der Waals surface area contributed by atoms with Crippen LogP contribution >= 0.6 is 11.9 Å². The first-order valence-electron chi connectivity index (χ1n) is 3.46. The minimum absolute atomic E-state index is 0.957. The molecule has 0 aromatic carbocycles. The third kappa shape index (κ3) is 1.48. The zero-order valence-corrected chi connectivity index (χ0v) is 7.02. The first kappa shape index (κ1) is 7.36. The minimum Gasteiger partial charge on any atom is -0.390 e. The van der Waals surface area contributed by atoms with Crippen molar-refractivity contribution in [3.63, 3.8) is 0 Å². The lowest BCUT2D eigenvalue weighted by Gasteiger charge is -2.13. The second-order valence-corrected chi connectivity index (χ2v) is 2.90. The van der Waals surface area contributed by atoms with Gasteiger partial charge in [-0.1, -0.05) is 6.08 Å². The number of nitrogens with one attached hydrogen (secondary N) is 2. The summed E-state index contributed by atoms with van der Waals surface area (Å²) in [6.07, 6.45) is 10.3. The van der Waals surface area contributed by atoms with E-state index in [1.807, 2.05) is 23.6 Å². The molecule has 0 saturated heterocycles. The fraction of sp³-hybridized carbons (Fsp3) is 0. The second kappa shape index (κ2) is 3.40. The van der Waals surface area contributed by atoms with Crippen LogP contribution in [0.3, 0.4) is 0 Å². The SMILES string of the molecule is [C]1=C(C2=CC=CSN2)C=CON1. The van der Waals surface area contributed by atoms with E-state index in [4.69, 9.17) is 4.84 Å². The Labute approximate surface area is 74.9 Å². The van der Waals surface area contributed by atoms with Crippen LogP contribution in [0.5, 0.6) is 0 Å². The van der Waals surface area contributed by atoms with Crippen molar-refractivity contribution >= 4 is 11.9 Å². The van der Waals surface area contributed by atoms with Crippen LogP contribution in [-0.2, 0) is 4.84 Å². The third-order valence-electron chi connectivity index (χ3n) is 1.42. The Morgan fingerprint density at radius 3 is 3.17 bits per heavy atom. The molecule has 0 aromatic rings. The molecule has 12 heavy (non-hydrogen) atoms. The molecule has 2 aliphatic heterocycles. The van der Waals surface area contributed by atoms with Crippen molar-refractivity contribution in [1.82, 2.24) is 10.2 Å². The Kier molecular flexibility index (Phi) is 2.09. The summed E-state index contributed by atoms with van der Waals surface area (Å²) >= 11 is 1.53. The molecule has 0 spiro atoms. The van der Waals surface area contributed by atoms with E-state index < -0.39 is 0 Å². The highest BCUT2D eigenvalue weighted by atomic mass is 32.2. The van der Waals surface area contributed by atoms with Crippen LogP contribution < -0.4 is 10.2 Å². The predicted octanol–water partition coefficient (Wildman–Crippen LogP) is 1.37. The highest BCUT2D eigenvalue weighted by Gasteiger charge is 2.05. The fourth-order valence-electron chi connectivity index (χ4n) is 0.870. The highest BCUT2D eigenvalue weighted by Crippen LogP contribution is 2.17. The molecular formula is C8H7N2OS. The standard InChI is InChI=1S/C8H7N2OS/c1-2-8(10-12-5-1)7-3-4-11-9-6-7/h1-5,9-10H. The fourth-order valence-corrected chi connectivity index (χ4v) is 1.40. The lowest BCUT2D eigenvalue weighted by Crippen LogP contribution is -2.13. The molecule has 61 valence electrons. The van der Waals surface area contributed by atoms with Gasteiger partial charge in [0.1, 0.15) is 12.5 Å². The van der Waals surface area contributed by atoms with Gasteiger partial charge in [0, 0.05) is 5.57 Å². The molecule has 0 fully saturated rings. The third-order valence-corrected chi connectivity index (χ3v) is 2.05. The quantitative estimate of drug-likeness (QED) is 0.596. The van der Waals surface area contributed by atoms with Crippen molar-refractivity contribution in [3.8, 4) is 0 Å². The molecule has 3 nitrogen and oxygen atoms in total. The summed E-state index contributed by atoms with van der Waals surface area (Å²) in [4.78, 5) is 4.75. The number of hydroxylamine groups is 1. The van der Waals surface area contributed by atoms with Gasteiger partial charge in [-0.25, -0.2) is 5.48 Å². The van der Waals surface area contributed by atoms with Gasteiger partial charge in [-0.15, -0.1) is 0 Å². The number of hydrogen-bond donors (Lipinski definition) is 2. The number of hydrogen-bond acceptors (Lipinski definition) is 4. The van der Waals surface area contributed by atoms with Gasteiger partial charge in [-0.05, 0) is 29.5 Å². The van der Waals surface area contributed by atoms with E-state index in [-0.39, 0.29) is 0 Å². The van der Waals surface area contributed by atoms with Gasteiger partial charge in [0.15, 0.2) is 0 Å². The topological polar surface area (TPSA) is 33.3 Å². The average molecular weight is 179 g/mol. The monoisotopic (exact) mass is 179 g/mol. The van der Waals surface area contributed by atoms with Crippen molar-refractivity contribution < 1.29 is 4.84 Å². The Morgan fingerprint density at radius 1 is 1.50 bits per heavy atom. The van der Waals surface area contributed by atoms with Crippen molar-refractivity contribution in [2.75, 3.05) is 0 Å². The van der Waals surface area contributed by atoms with E-state index in [0.29, 0.717) is 0 Å². The molecule has 0 amide bonds. The normalized spacial score (nSPS) is 20.0. The van der Waals surface area contributed by atoms with Crippen LogP contribution in [0.4, 0.5) is 0 Å². The minimum atomic E-state index is 0.957. The zero-order chi connectivity index (χ0) is 8.23. The van der Waals surface area contributed by atoms with Gasteiger partial charge in [0.25, 0.3) is 0 Å². The van der Waals surface area contributed by atoms with Crippen LogP contribution in [0, 0.1) is 6.20 Å². The van der Waals surface area contributed by atoms with E-state index in [1.54, 1.807) is 6.26 Å². The maximum Gasteiger partial charge on any atom is 0.119 e. The highest BCUT2D eigenvalue weighted by molar-refractivity contribution is 8.00. The van der Waals surface area contributed by atoms with Crippen LogP contribution in [0.2, 0.25) is 0 Å². The van der Waals surface area contributed by atoms with E-state index in [2.05, 4.69) is 16.4 Å². The zero-order valence-electron chi connectivity index (χ0n) is 6.20. The Balaban J connectivity index is 2.17. The molecule has 0 saturated carbocycles. The first-order chi connectivity index (χ1) is 5.97. The summed E-state index contributed by atoms with van der Waals surface area (Å²) in [6, 6.07) is 0. The number of allylic oxidation sites excluding steroid dienone is 3. The Bertz CT molecular complexity index is 291. The first-order valence-corrected chi connectivity index (χ1v) is 4.34. The smallest absolute Gasteiger partial charge is 0.119 e.